The third-order valence-electron chi connectivity index (χ3n) is 3.72. The summed E-state index contributed by atoms with van der Waals surface area (Å²) in [6, 6.07) is 18.2. The maximum absolute atomic E-state index is 12.1. The maximum Gasteiger partial charge on any atom is 0.343 e. The molecule has 0 bridgehead atoms. The largest absolute Gasteiger partial charge is 0.505 e. The van der Waals surface area contributed by atoms with E-state index in [9.17, 15) is 9.90 Å². The highest BCUT2D eigenvalue weighted by atomic mass is 35.5. The fourth-order valence-electron chi connectivity index (χ4n) is 2.47. The van der Waals surface area contributed by atoms with E-state index in [2.05, 4.69) is 10.2 Å². The van der Waals surface area contributed by atoms with Crippen LogP contribution in [0, 0.1) is 0 Å². The van der Waals surface area contributed by atoms with Gasteiger partial charge in [0.05, 0.1) is 5.56 Å². The molecule has 1 aromatic heterocycles. The molecule has 0 atom stereocenters. The first-order chi connectivity index (χ1) is 12.6. The van der Waals surface area contributed by atoms with Crippen LogP contribution in [0.2, 0.25) is 5.02 Å². The van der Waals surface area contributed by atoms with Gasteiger partial charge in [-0.2, -0.15) is 0 Å². The number of hydrogen-bond donors (Lipinski definition) is 1. The molecule has 4 rings (SSSR count). The van der Waals surface area contributed by atoms with E-state index < -0.39 is 5.97 Å². The van der Waals surface area contributed by atoms with Crippen LogP contribution in [0.15, 0.2) is 66.7 Å². The van der Waals surface area contributed by atoms with Crippen molar-refractivity contribution in [3.05, 3.63) is 77.3 Å². The van der Waals surface area contributed by atoms with Gasteiger partial charge in [-0.05, 0) is 42.5 Å². The van der Waals surface area contributed by atoms with Gasteiger partial charge in [0.15, 0.2) is 0 Å². The van der Waals surface area contributed by atoms with Gasteiger partial charge in [0.2, 0.25) is 0 Å². The Morgan fingerprint density at radius 1 is 0.962 bits per heavy atom. The zero-order valence-electron chi connectivity index (χ0n) is 13.3. The van der Waals surface area contributed by atoms with Crippen LogP contribution in [0.5, 0.6) is 11.5 Å². The Hall–Kier alpha value is -3.38. The monoisotopic (exact) mass is 365 g/mol. The van der Waals surface area contributed by atoms with Gasteiger partial charge in [0.25, 0.3) is 0 Å². The predicted molar refractivity (Wildman–Crippen MR) is 96.9 cm³/mol. The Balaban J connectivity index is 1.62. The zero-order valence-corrected chi connectivity index (χ0v) is 14.1. The Bertz CT molecular complexity index is 1110. The summed E-state index contributed by atoms with van der Waals surface area (Å²) in [5.74, 6) is -0.398. The number of nitrogens with zero attached hydrogens (tertiary/aromatic N) is 3. The Kier molecular flexibility index (Phi) is 4.02. The molecule has 3 aromatic carbocycles. The number of aromatic nitrogens is 3. The fourth-order valence-corrected chi connectivity index (χ4v) is 2.64. The average Bonchev–Trinajstić information content (AvgIpc) is 3.05. The molecule has 0 aliphatic heterocycles. The molecule has 0 spiro atoms. The second-order valence-corrected chi connectivity index (χ2v) is 5.96. The summed E-state index contributed by atoms with van der Waals surface area (Å²) in [6.07, 6.45) is 0. The molecule has 0 radical (unpaired) electrons. The lowest BCUT2D eigenvalue weighted by atomic mass is 10.2. The van der Waals surface area contributed by atoms with E-state index in [0.717, 1.165) is 0 Å². The van der Waals surface area contributed by atoms with Crippen molar-refractivity contribution < 1.29 is 14.6 Å². The van der Waals surface area contributed by atoms with Gasteiger partial charge < -0.3 is 9.84 Å². The number of ether oxygens (including phenoxy) is 1. The third-order valence-corrected chi connectivity index (χ3v) is 3.96. The maximum atomic E-state index is 12.1. The van der Waals surface area contributed by atoms with Crippen molar-refractivity contribution in [3.63, 3.8) is 0 Å². The van der Waals surface area contributed by atoms with Crippen LogP contribution in [0.25, 0.3) is 16.7 Å². The molecule has 0 aliphatic rings. The van der Waals surface area contributed by atoms with Crippen LogP contribution in [-0.2, 0) is 0 Å². The molecule has 4 aromatic rings. The second-order valence-electron chi connectivity index (χ2n) is 5.53. The van der Waals surface area contributed by atoms with E-state index in [1.807, 2.05) is 6.07 Å². The highest BCUT2D eigenvalue weighted by Crippen LogP contribution is 2.27. The second kappa shape index (κ2) is 6.50. The van der Waals surface area contributed by atoms with Crippen molar-refractivity contribution >= 4 is 28.6 Å². The van der Waals surface area contributed by atoms with E-state index in [1.54, 1.807) is 54.6 Å². The van der Waals surface area contributed by atoms with Crippen LogP contribution >= 0.6 is 11.6 Å². The van der Waals surface area contributed by atoms with E-state index in [4.69, 9.17) is 16.3 Å². The molecular weight excluding hydrogens is 354 g/mol. The molecule has 26 heavy (non-hydrogen) atoms. The Morgan fingerprint density at radius 2 is 1.73 bits per heavy atom. The summed E-state index contributed by atoms with van der Waals surface area (Å²) >= 11 is 5.95. The van der Waals surface area contributed by atoms with Crippen molar-refractivity contribution in [3.8, 4) is 17.2 Å². The molecule has 6 nitrogen and oxygen atoms in total. The molecular formula is C19H12ClN3O3. The van der Waals surface area contributed by atoms with E-state index in [1.165, 1.54) is 10.9 Å². The van der Waals surface area contributed by atoms with Gasteiger partial charge in [-0.3, -0.25) is 0 Å². The van der Waals surface area contributed by atoms with Gasteiger partial charge in [0, 0.05) is 11.1 Å². The van der Waals surface area contributed by atoms with Crippen molar-refractivity contribution in [1.82, 2.24) is 15.0 Å². The standard InChI is InChI=1S/C19H12ClN3O3/c20-13-6-8-15-16(10-13)22-23(21-15)17-9-7-14(11-18(17)24)26-19(25)12-4-2-1-3-5-12/h1-11,24H. The van der Waals surface area contributed by atoms with Crippen molar-refractivity contribution in [2.45, 2.75) is 0 Å². The van der Waals surface area contributed by atoms with Crippen LogP contribution in [0.3, 0.4) is 0 Å². The summed E-state index contributed by atoms with van der Waals surface area (Å²) < 4.78 is 5.28. The first kappa shape index (κ1) is 16.1. The highest BCUT2D eigenvalue weighted by molar-refractivity contribution is 6.31. The van der Waals surface area contributed by atoms with Crippen LogP contribution in [0.4, 0.5) is 0 Å². The number of halogens is 1. The molecule has 1 N–H and O–H groups in total. The zero-order chi connectivity index (χ0) is 18.1. The van der Waals surface area contributed by atoms with Crippen LogP contribution < -0.4 is 4.74 Å². The van der Waals surface area contributed by atoms with E-state index >= 15 is 0 Å². The van der Waals surface area contributed by atoms with Gasteiger partial charge in [-0.1, -0.05) is 29.8 Å². The number of phenolic OH excluding ortho intramolecular Hbond substituents is 1. The molecule has 0 unspecified atom stereocenters. The number of benzene rings is 3. The molecule has 0 saturated carbocycles. The van der Waals surface area contributed by atoms with Crippen LogP contribution in [-0.4, -0.2) is 26.1 Å². The van der Waals surface area contributed by atoms with Gasteiger partial charge in [-0.25, -0.2) is 4.79 Å². The highest BCUT2D eigenvalue weighted by Gasteiger charge is 2.13. The third kappa shape index (κ3) is 3.10. The minimum absolute atomic E-state index is 0.116. The molecule has 0 amide bonds. The number of esters is 1. The molecule has 1 heterocycles. The number of rotatable bonds is 3. The fraction of sp³-hybridized carbons (Fsp3) is 0. The summed E-state index contributed by atoms with van der Waals surface area (Å²) in [5, 5.41) is 19.4. The number of hydrogen-bond acceptors (Lipinski definition) is 5. The van der Waals surface area contributed by atoms with Gasteiger partial charge in [0.1, 0.15) is 28.2 Å². The van der Waals surface area contributed by atoms with Crippen LogP contribution in [0.1, 0.15) is 10.4 Å². The number of carbonyl (C=O) groups excluding carboxylic acids is 1. The minimum atomic E-state index is -0.504. The van der Waals surface area contributed by atoms with E-state index in [0.29, 0.717) is 27.3 Å². The Morgan fingerprint density at radius 3 is 2.50 bits per heavy atom. The van der Waals surface area contributed by atoms with Gasteiger partial charge >= 0.3 is 5.97 Å². The molecule has 0 saturated heterocycles. The molecule has 7 heteroatoms. The summed E-state index contributed by atoms with van der Waals surface area (Å²) in [7, 11) is 0. The number of phenols is 1. The van der Waals surface area contributed by atoms with E-state index in [-0.39, 0.29) is 11.5 Å². The van der Waals surface area contributed by atoms with Crippen molar-refractivity contribution in [2.24, 2.45) is 0 Å². The number of fused-ring (bicyclic) bond motifs is 1. The normalized spacial score (nSPS) is 10.8. The first-order valence-electron chi connectivity index (χ1n) is 7.73. The SMILES string of the molecule is O=C(Oc1ccc(-n2nc3ccc(Cl)cc3n2)c(O)c1)c1ccccc1. The van der Waals surface area contributed by atoms with Crippen molar-refractivity contribution in [1.29, 1.82) is 0 Å². The lowest BCUT2D eigenvalue weighted by molar-refractivity contribution is 0.0734. The minimum Gasteiger partial charge on any atom is -0.505 e. The van der Waals surface area contributed by atoms with Gasteiger partial charge in [-0.15, -0.1) is 15.0 Å². The Labute approximate surface area is 153 Å². The number of carbonyl (C=O) groups is 1. The quantitative estimate of drug-likeness (QED) is 0.438. The molecule has 0 fully saturated rings. The summed E-state index contributed by atoms with van der Waals surface area (Å²) in [4.78, 5) is 13.4. The first-order valence-corrected chi connectivity index (χ1v) is 8.11. The lowest BCUT2D eigenvalue weighted by Gasteiger charge is -2.07. The smallest absolute Gasteiger partial charge is 0.343 e. The molecule has 0 aliphatic carbocycles. The van der Waals surface area contributed by atoms with Crippen molar-refractivity contribution in [2.75, 3.05) is 0 Å². The number of aromatic hydroxyl groups is 1. The average molecular weight is 366 g/mol. The summed E-state index contributed by atoms with van der Waals surface area (Å²) in [5.41, 5.74) is 2.04. The lowest BCUT2D eigenvalue weighted by Crippen LogP contribution is -2.08. The summed E-state index contributed by atoms with van der Waals surface area (Å²) in [6.45, 7) is 0. The predicted octanol–water partition coefficient (Wildman–Crippen LogP) is 4.00. The topological polar surface area (TPSA) is 77.2 Å². The molecule has 128 valence electrons.